The van der Waals surface area contributed by atoms with Gasteiger partial charge in [0.1, 0.15) is 0 Å². The van der Waals surface area contributed by atoms with Gasteiger partial charge in [0.2, 0.25) is 0 Å². The van der Waals surface area contributed by atoms with Crippen LogP contribution in [-0.2, 0) is 0 Å². The summed E-state index contributed by atoms with van der Waals surface area (Å²) in [6.07, 6.45) is 0. The predicted octanol–water partition coefficient (Wildman–Crippen LogP) is 0.875. The van der Waals surface area contributed by atoms with Gasteiger partial charge < -0.3 is 0 Å². The number of hydrogen-bond acceptors (Lipinski definition) is 9. The van der Waals surface area contributed by atoms with E-state index in [9.17, 15) is 0 Å². The van der Waals surface area contributed by atoms with Gasteiger partial charge >= 0.3 is 134 Å². The van der Waals surface area contributed by atoms with Gasteiger partial charge in [0.15, 0.2) is 0 Å². The molecular weight excluding hydrogens is 430 g/mol. The molecule has 20 heavy (non-hydrogen) atoms. The summed E-state index contributed by atoms with van der Waals surface area (Å²) >= 11 is 2.44. The molecule has 0 unspecified atom stereocenters. The SMILES string of the molecule is CN1P2(=NP3(=N[PH]14NCCN4I)NCCN3)NCCN2. The van der Waals surface area contributed by atoms with E-state index in [1.165, 1.54) is 0 Å². The molecule has 3 saturated heterocycles. The van der Waals surface area contributed by atoms with Crippen LogP contribution in [0.25, 0.3) is 0 Å². The van der Waals surface area contributed by atoms with E-state index in [0.717, 1.165) is 39.3 Å². The van der Waals surface area contributed by atoms with Crippen molar-refractivity contribution in [2.45, 2.75) is 0 Å². The molecule has 0 aromatic carbocycles. The Morgan fingerprint density at radius 1 is 1.05 bits per heavy atom. The molecule has 0 aliphatic carbocycles. The Kier molecular flexibility index (Phi) is 3.86. The van der Waals surface area contributed by atoms with Gasteiger partial charge in [-0.05, 0) is 0 Å². The van der Waals surface area contributed by atoms with Crippen LogP contribution in [0.3, 0.4) is 0 Å². The summed E-state index contributed by atoms with van der Waals surface area (Å²) in [4.78, 5) is 0. The van der Waals surface area contributed by atoms with Crippen LogP contribution in [0.4, 0.5) is 0 Å². The van der Waals surface area contributed by atoms with Crippen LogP contribution in [0, 0.1) is 0 Å². The standard InChI is InChI=1S/C7H21IN9P3/c1-16-19(11-4-5-12-19)14-18(9-2-3-10-18)15-20(16)13-6-7-17(20)8/h9-13,20H,2-7H2,1H3. The summed E-state index contributed by atoms with van der Waals surface area (Å²) in [6.45, 7) is 5.91. The van der Waals surface area contributed by atoms with Crippen molar-refractivity contribution >= 4 is 45.7 Å². The molecule has 4 heterocycles. The van der Waals surface area contributed by atoms with Gasteiger partial charge in [0.25, 0.3) is 0 Å². The number of rotatable bonds is 0. The molecule has 4 aliphatic heterocycles. The van der Waals surface area contributed by atoms with Crippen molar-refractivity contribution in [1.29, 1.82) is 0 Å². The fourth-order valence-electron chi connectivity index (χ4n) is 3.02. The van der Waals surface area contributed by atoms with E-state index in [-0.39, 0.29) is 0 Å². The Balaban J connectivity index is 1.90. The topological polar surface area (TPSA) is 91.4 Å². The third-order valence-electron chi connectivity index (χ3n) is 4.02. The van der Waals surface area contributed by atoms with E-state index < -0.39 is 22.9 Å². The normalized spacial score (nSPS) is 36.5. The number of hydrogen-bond donors (Lipinski definition) is 5. The Hall–Kier alpha value is 1.34. The van der Waals surface area contributed by atoms with Gasteiger partial charge in [-0.2, -0.15) is 0 Å². The van der Waals surface area contributed by atoms with Crippen molar-refractivity contribution in [2.24, 2.45) is 9.03 Å². The van der Waals surface area contributed by atoms with Crippen molar-refractivity contribution in [2.75, 3.05) is 46.3 Å². The predicted molar refractivity (Wildman–Crippen MR) is 95.5 cm³/mol. The summed E-state index contributed by atoms with van der Waals surface area (Å²) in [6, 6.07) is 0. The van der Waals surface area contributed by atoms with E-state index in [4.69, 9.17) is 9.03 Å². The molecule has 4 rings (SSSR count). The summed E-state index contributed by atoms with van der Waals surface area (Å²) in [5, 5.41) is 18.2. The first-order valence-electron chi connectivity index (χ1n) is 6.82. The summed E-state index contributed by atoms with van der Waals surface area (Å²) in [5.41, 5.74) is 0. The van der Waals surface area contributed by atoms with Crippen molar-refractivity contribution in [1.82, 2.24) is 32.8 Å². The maximum absolute atomic E-state index is 5.27. The number of nitrogens with one attached hydrogen (secondary N) is 5. The van der Waals surface area contributed by atoms with Crippen molar-refractivity contribution < 1.29 is 0 Å². The van der Waals surface area contributed by atoms with Gasteiger partial charge in [-0.15, -0.1) is 0 Å². The summed E-state index contributed by atoms with van der Waals surface area (Å²) in [5.74, 6) is 0. The van der Waals surface area contributed by atoms with Crippen molar-refractivity contribution in [3.05, 3.63) is 0 Å². The zero-order valence-electron chi connectivity index (χ0n) is 11.3. The minimum atomic E-state index is -2.22. The van der Waals surface area contributed by atoms with Crippen LogP contribution in [0.1, 0.15) is 0 Å². The second-order valence-electron chi connectivity index (χ2n) is 5.20. The van der Waals surface area contributed by atoms with Gasteiger partial charge in [-0.1, -0.05) is 0 Å². The van der Waals surface area contributed by atoms with E-state index in [1.807, 2.05) is 0 Å². The van der Waals surface area contributed by atoms with Crippen molar-refractivity contribution in [3.63, 3.8) is 0 Å². The molecular formula is C7H21IN9P3. The molecule has 3 spiro atoms. The Bertz CT molecular complexity index is 520. The summed E-state index contributed by atoms with van der Waals surface area (Å²) < 4.78 is 15.3. The molecule has 0 saturated carbocycles. The van der Waals surface area contributed by atoms with Crippen LogP contribution < -0.4 is 25.4 Å². The average Bonchev–Trinajstić information content (AvgIpc) is 3.13. The molecule has 5 N–H and O–H groups in total. The quantitative estimate of drug-likeness (QED) is 0.212. The van der Waals surface area contributed by atoms with Crippen LogP contribution in [-0.4, -0.2) is 53.6 Å². The van der Waals surface area contributed by atoms with Crippen molar-refractivity contribution in [3.8, 4) is 0 Å². The van der Waals surface area contributed by atoms with Gasteiger partial charge in [0, 0.05) is 0 Å². The zero-order valence-corrected chi connectivity index (χ0v) is 16.3. The van der Waals surface area contributed by atoms with Gasteiger partial charge in [-0.3, -0.25) is 0 Å². The third-order valence-corrected chi connectivity index (χ3v) is 18.6. The van der Waals surface area contributed by atoms with Gasteiger partial charge in [0.05, 0.1) is 0 Å². The Morgan fingerprint density at radius 2 is 1.70 bits per heavy atom. The Labute approximate surface area is 133 Å². The molecule has 116 valence electrons. The Morgan fingerprint density at radius 3 is 2.30 bits per heavy atom. The maximum atomic E-state index is 5.27. The molecule has 0 bridgehead atoms. The zero-order chi connectivity index (χ0) is 13.8. The third kappa shape index (κ3) is 2.05. The first kappa shape index (κ1) is 14.9. The molecule has 4 aliphatic rings. The first-order valence-corrected chi connectivity index (χ1v) is 13.0. The van der Waals surface area contributed by atoms with Crippen LogP contribution in [0.2, 0.25) is 0 Å². The number of halogens is 1. The van der Waals surface area contributed by atoms with E-state index in [0.29, 0.717) is 0 Å². The van der Waals surface area contributed by atoms with E-state index >= 15 is 0 Å². The molecule has 13 heteroatoms. The second-order valence-corrected chi connectivity index (χ2v) is 16.3. The molecule has 3 fully saturated rings. The fourth-order valence-corrected chi connectivity index (χ4v) is 20.2. The van der Waals surface area contributed by atoms with E-state index in [2.05, 4.69) is 62.7 Å². The monoisotopic (exact) mass is 451 g/mol. The minimum absolute atomic E-state index is 0.955. The van der Waals surface area contributed by atoms with Gasteiger partial charge in [-0.25, -0.2) is 0 Å². The molecule has 0 aromatic rings. The van der Waals surface area contributed by atoms with Crippen LogP contribution in [0.15, 0.2) is 9.03 Å². The number of nitrogens with zero attached hydrogens (tertiary/aromatic N) is 4. The molecule has 0 amide bonds. The molecule has 0 aromatic heterocycles. The fraction of sp³-hybridized carbons (Fsp3) is 1.00. The average molecular weight is 451 g/mol. The van der Waals surface area contributed by atoms with Crippen LogP contribution in [0.5, 0.6) is 0 Å². The molecule has 9 nitrogen and oxygen atoms in total. The first-order chi connectivity index (χ1) is 9.61. The van der Waals surface area contributed by atoms with E-state index in [1.54, 1.807) is 0 Å². The summed E-state index contributed by atoms with van der Waals surface area (Å²) in [7, 11) is -3.86. The molecule has 0 radical (unpaired) electrons. The molecule has 0 atom stereocenters. The van der Waals surface area contributed by atoms with Crippen LogP contribution >= 0.6 is 45.7 Å². The second kappa shape index (κ2) is 5.18.